The first-order chi connectivity index (χ1) is 31.8. The van der Waals surface area contributed by atoms with Gasteiger partial charge >= 0.3 is 0 Å². The smallest absolute Gasteiger partial charge is 0.159 e. The van der Waals surface area contributed by atoms with Crippen LogP contribution in [0.1, 0.15) is 12.8 Å². The van der Waals surface area contributed by atoms with Crippen LogP contribution in [0.4, 0.5) is 0 Å². The van der Waals surface area contributed by atoms with Gasteiger partial charge in [0.2, 0.25) is 0 Å². The van der Waals surface area contributed by atoms with E-state index in [9.17, 15) is 0 Å². The number of nitrogens with zero attached hydrogens (tertiary/aromatic N) is 3. The molecule has 0 saturated heterocycles. The Bertz CT molecular complexity index is 4040. The van der Waals surface area contributed by atoms with Crippen LogP contribution in [-0.4, -0.2) is 13.7 Å². The van der Waals surface area contributed by atoms with Gasteiger partial charge in [-0.2, -0.15) is 0 Å². The van der Waals surface area contributed by atoms with Gasteiger partial charge in [0.1, 0.15) is 5.58 Å². The van der Waals surface area contributed by atoms with Crippen molar-refractivity contribution in [1.82, 2.24) is 13.7 Å². The highest BCUT2D eigenvalue weighted by Gasteiger charge is 2.23. The molecule has 0 fully saturated rings. The standard InChI is InChI=1S/C60H39N3O/c1-2-17-41(18-3-1)61-54-29-11-8-24-48(54)50-35-39(32-33-57(50)61)43-25-15-26-49-51-36-40(38-16-14-19-42(34-38)62-52-27-9-4-20-44(52)45-21-5-10-28-53(45)62)37-58(60(51)64-59(43)49)63-55-30-12-6-22-46(55)47-23-7-13-31-56(47)63/h1-2,4-17,19-37H,3,18H2. The zero-order valence-electron chi connectivity index (χ0n) is 34.9. The van der Waals surface area contributed by atoms with Crippen LogP contribution in [0.3, 0.4) is 0 Å². The van der Waals surface area contributed by atoms with Gasteiger partial charge < -0.3 is 18.1 Å². The second-order valence-electron chi connectivity index (χ2n) is 17.2. The number of rotatable bonds is 5. The molecule has 300 valence electrons. The molecule has 1 aliphatic carbocycles. The third-order valence-electron chi connectivity index (χ3n) is 13.7. The van der Waals surface area contributed by atoms with Crippen LogP contribution in [-0.2, 0) is 0 Å². The van der Waals surface area contributed by atoms with E-state index in [1.165, 1.54) is 60.1 Å². The van der Waals surface area contributed by atoms with E-state index in [0.29, 0.717) is 0 Å². The molecule has 4 nitrogen and oxygen atoms in total. The van der Waals surface area contributed by atoms with Crippen molar-refractivity contribution < 1.29 is 4.42 Å². The molecular weight excluding hydrogens is 779 g/mol. The second-order valence-corrected chi connectivity index (χ2v) is 17.2. The van der Waals surface area contributed by atoms with Crippen molar-refractivity contribution in [3.8, 4) is 33.6 Å². The molecule has 1 aliphatic rings. The van der Waals surface area contributed by atoms with E-state index in [2.05, 4.69) is 226 Å². The van der Waals surface area contributed by atoms with Crippen LogP contribution in [0.15, 0.2) is 217 Å². The fourth-order valence-electron chi connectivity index (χ4n) is 10.9. The summed E-state index contributed by atoms with van der Waals surface area (Å²) >= 11 is 0. The maximum atomic E-state index is 7.31. The van der Waals surface area contributed by atoms with E-state index >= 15 is 0 Å². The fourth-order valence-corrected chi connectivity index (χ4v) is 10.9. The number of furan rings is 1. The molecule has 0 saturated carbocycles. The van der Waals surface area contributed by atoms with Gasteiger partial charge in [0, 0.05) is 60.0 Å². The number of hydrogen-bond donors (Lipinski definition) is 0. The minimum absolute atomic E-state index is 0.867. The number of para-hydroxylation sites is 6. The Morgan fingerprint density at radius 2 is 0.906 bits per heavy atom. The van der Waals surface area contributed by atoms with Crippen LogP contribution in [0.2, 0.25) is 0 Å². The normalized spacial score (nSPS) is 13.2. The Labute approximate surface area is 368 Å². The Morgan fingerprint density at radius 1 is 0.359 bits per heavy atom. The predicted octanol–water partition coefficient (Wildman–Crippen LogP) is 16.4. The van der Waals surface area contributed by atoms with E-state index in [1.54, 1.807) is 0 Å². The van der Waals surface area contributed by atoms with Crippen LogP contribution >= 0.6 is 0 Å². The lowest BCUT2D eigenvalue weighted by molar-refractivity contribution is 0.667. The van der Waals surface area contributed by atoms with Gasteiger partial charge in [-0.1, -0.05) is 140 Å². The molecule has 0 radical (unpaired) electrons. The highest BCUT2D eigenvalue weighted by Crippen LogP contribution is 2.45. The van der Waals surface area contributed by atoms with Gasteiger partial charge in [0.15, 0.2) is 5.58 Å². The van der Waals surface area contributed by atoms with Crippen LogP contribution in [0, 0.1) is 0 Å². The van der Waals surface area contributed by atoms with Crippen molar-refractivity contribution >= 4 is 93.1 Å². The predicted molar refractivity (Wildman–Crippen MR) is 269 cm³/mol. The average Bonchev–Trinajstić information content (AvgIpc) is 4.10. The molecule has 0 aliphatic heterocycles. The van der Waals surface area contributed by atoms with E-state index in [-0.39, 0.29) is 0 Å². The lowest BCUT2D eigenvalue weighted by Gasteiger charge is -2.14. The maximum absolute atomic E-state index is 7.31. The quantitative estimate of drug-likeness (QED) is 0.170. The van der Waals surface area contributed by atoms with Gasteiger partial charge in [-0.15, -0.1) is 0 Å². The number of benzene rings is 9. The van der Waals surface area contributed by atoms with Gasteiger partial charge in [-0.3, -0.25) is 0 Å². The van der Waals surface area contributed by atoms with E-state index in [1.807, 2.05) is 0 Å². The van der Waals surface area contributed by atoms with Crippen molar-refractivity contribution in [2.45, 2.75) is 12.8 Å². The third-order valence-corrected chi connectivity index (χ3v) is 13.7. The van der Waals surface area contributed by atoms with Crippen molar-refractivity contribution in [2.75, 3.05) is 0 Å². The number of allylic oxidation sites excluding steroid dienone is 4. The summed E-state index contributed by atoms with van der Waals surface area (Å²) in [5, 5.41) is 9.62. The molecule has 64 heavy (non-hydrogen) atoms. The van der Waals surface area contributed by atoms with Gasteiger partial charge in [0.25, 0.3) is 0 Å². The lowest BCUT2D eigenvalue weighted by atomic mass is 9.98. The summed E-state index contributed by atoms with van der Waals surface area (Å²) in [5.74, 6) is 0. The van der Waals surface area contributed by atoms with E-state index < -0.39 is 0 Å². The molecule has 0 atom stereocenters. The van der Waals surface area contributed by atoms with Crippen molar-refractivity contribution in [2.24, 2.45) is 0 Å². The van der Waals surface area contributed by atoms with Crippen LogP contribution in [0.5, 0.6) is 0 Å². The molecule has 13 aromatic rings. The minimum Gasteiger partial charge on any atom is -0.453 e. The zero-order chi connectivity index (χ0) is 41.9. The Morgan fingerprint density at radius 3 is 1.55 bits per heavy atom. The first-order valence-corrected chi connectivity index (χ1v) is 22.2. The van der Waals surface area contributed by atoms with E-state index in [0.717, 1.165) is 79.4 Å². The van der Waals surface area contributed by atoms with Crippen LogP contribution < -0.4 is 0 Å². The second kappa shape index (κ2) is 13.6. The topological polar surface area (TPSA) is 27.9 Å². The molecule has 0 amide bonds. The summed E-state index contributed by atoms with van der Waals surface area (Å²) in [5.41, 5.74) is 16.9. The summed E-state index contributed by atoms with van der Waals surface area (Å²) in [6.07, 6.45) is 8.78. The minimum atomic E-state index is 0.867. The summed E-state index contributed by atoms with van der Waals surface area (Å²) in [6, 6.07) is 71.0. The summed E-state index contributed by atoms with van der Waals surface area (Å²) in [4.78, 5) is 0. The molecular formula is C60H39N3O. The van der Waals surface area contributed by atoms with Gasteiger partial charge in [-0.25, -0.2) is 0 Å². The molecule has 4 heterocycles. The first-order valence-electron chi connectivity index (χ1n) is 22.2. The lowest BCUT2D eigenvalue weighted by Crippen LogP contribution is -1.98. The third kappa shape index (κ3) is 5.05. The number of aromatic nitrogens is 3. The Kier molecular flexibility index (Phi) is 7.48. The SMILES string of the molecule is C1=CCCC(n2c3ccccc3c3cc(-c4cccc5c4oc4c(-n6c7ccccc7c7ccccc76)cc(-c6cccc(-n7c8ccccc8c8ccccc87)c6)cc45)ccc32)=C1. The largest absolute Gasteiger partial charge is 0.453 e. The van der Waals surface area contributed by atoms with Gasteiger partial charge in [0.05, 0.1) is 38.8 Å². The van der Waals surface area contributed by atoms with Crippen molar-refractivity contribution in [1.29, 1.82) is 0 Å². The number of hydrogen-bond acceptors (Lipinski definition) is 1. The molecule has 0 N–H and O–H groups in total. The maximum Gasteiger partial charge on any atom is 0.159 e. The van der Waals surface area contributed by atoms with Gasteiger partial charge in [-0.05, 0) is 102 Å². The monoisotopic (exact) mass is 817 g/mol. The Balaban J connectivity index is 1.03. The van der Waals surface area contributed by atoms with Crippen molar-refractivity contribution in [3.63, 3.8) is 0 Å². The van der Waals surface area contributed by atoms with Crippen molar-refractivity contribution in [3.05, 3.63) is 212 Å². The molecule has 9 aromatic carbocycles. The molecule has 4 aromatic heterocycles. The summed E-state index contributed by atoms with van der Waals surface area (Å²) in [6.45, 7) is 0. The Hall–Kier alpha value is -8.34. The highest BCUT2D eigenvalue weighted by molar-refractivity contribution is 6.17. The molecule has 0 spiro atoms. The summed E-state index contributed by atoms with van der Waals surface area (Å²) in [7, 11) is 0. The highest BCUT2D eigenvalue weighted by atomic mass is 16.3. The first kappa shape index (κ1) is 35.3. The molecule has 0 bridgehead atoms. The summed E-state index contributed by atoms with van der Waals surface area (Å²) < 4.78 is 14.6. The zero-order valence-corrected chi connectivity index (χ0v) is 34.9. The molecule has 14 rings (SSSR count). The van der Waals surface area contributed by atoms with Crippen LogP contribution in [0.25, 0.3) is 127 Å². The molecule has 0 unspecified atom stereocenters. The average molecular weight is 818 g/mol. The fraction of sp³-hybridized carbons (Fsp3) is 0.0333. The molecule has 4 heteroatoms. The van der Waals surface area contributed by atoms with E-state index in [4.69, 9.17) is 4.42 Å². The number of fused-ring (bicyclic) bond motifs is 12.